The first kappa shape index (κ1) is 14.8. The van der Waals surface area contributed by atoms with Crippen LogP contribution in [0.25, 0.3) is 0 Å². The van der Waals surface area contributed by atoms with Crippen molar-refractivity contribution in [2.45, 2.75) is 19.9 Å². The number of hydrogen-bond acceptors (Lipinski definition) is 3. The molecule has 2 aromatic carbocycles. The summed E-state index contributed by atoms with van der Waals surface area (Å²) >= 11 is 0. The third-order valence-electron chi connectivity index (χ3n) is 4.61. The second-order valence-corrected chi connectivity index (χ2v) is 6.30. The largest absolute Gasteiger partial charge is 0.336 e. The van der Waals surface area contributed by atoms with Gasteiger partial charge in [-0.1, -0.05) is 36.4 Å². The van der Waals surface area contributed by atoms with Crippen LogP contribution >= 0.6 is 0 Å². The van der Waals surface area contributed by atoms with Crippen LogP contribution in [0.3, 0.4) is 0 Å². The zero-order valence-electron chi connectivity index (χ0n) is 14.1. The smallest absolute Gasteiger partial charge is 0.157 e. The quantitative estimate of drug-likeness (QED) is 0.658. The van der Waals surface area contributed by atoms with Crippen molar-refractivity contribution in [3.05, 3.63) is 78.5 Å². The number of benzene rings is 2. The molecule has 0 saturated carbocycles. The molecule has 3 heteroatoms. The Balaban J connectivity index is 1.85. The van der Waals surface area contributed by atoms with Crippen LogP contribution in [0.5, 0.6) is 0 Å². The SMILES string of the molecule is Cc1ccccc1N1C[C@H](C)N(c2ccccc2)c2ncccc21. The number of fused-ring (bicyclic) bond motifs is 1. The number of hydrogen-bond donors (Lipinski definition) is 0. The minimum absolute atomic E-state index is 0.328. The van der Waals surface area contributed by atoms with Crippen molar-refractivity contribution < 1.29 is 0 Å². The number of rotatable bonds is 2. The third-order valence-corrected chi connectivity index (χ3v) is 4.61. The first-order valence-electron chi connectivity index (χ1n) is 8.38. The molecule has 0 aliphatic carbocycles. The molecule has 3 aromatic rings. The summed E-state index contributed by atoms with van der Waals surface area (Å²) in [7, 11) is 0. The molecule has 0 amide bonds. The van der Waals surface area contributed by atoms with Crippen molar-refractivity contribution in [2.75, 3.05) is 16.3 Å². The maximum atomic E-state index is 4.72. The Morgan fingerprint density at radius 1 is 0.875 bits per heavy atom. The van der Waals surface area contributed by atoms with Gasteiger partial charge >= 0.3 is 0 Å². The van der Waals surface area contributed by atoms with E-state index in [1.165, 1.54) is 16.9 Å². The number of para-hydroxylation sites is 2. The normalized spacial score (nSPS) is 16.8. The minimum Gasteiger partial charge on any atom is -0.336 e. The summed E-state index contributed by atoms with van der Waals surface area (Å²) < 4.78 is 0. The van der Waals surface area contributed by atoms with E-state index in [9.17, 15) is 0 Å². The predicted molar refractivity (Wildman–Crippen MR) is 100 cm³/mol. The van der Waals surface area contributed by atoms with Crippen LogP contribution in [0.1, 0.15) is 12.5 Å². The highest BCUT2D eigenvalue weighted by Crippen LogP contribution is 2.42. The third kappa shape index (κ3) is 2.42. The molecule has 0 fully saturated rings. The van der Waals surface area contributed by atoms with Crippen LogP contribution in [-0.4, -0.2) is 17.6 Å². The van der Waals surface area contributed by atoms with Gasteiger partial charge in [0.05, 0.1) is 11.7 Å². The fraction of sp³-hybridized carbons (Fsp3) is 0.190. The zero-order valence-corrected chi connectivity index (χ0v) is 14.1. The minimum atomic E-state index is 0.328. The highest BCUT2D eigenvalue weighted by atomic mass is 15.3. The first-order valence-corrected chi connectivity index (χ1v) is 8.38. The van der Waals surface area contributed by atoms with E-state index in [0.29, 0.717) is 6.04 Å². The highest BCUT2D eigenvalue weighted by molar-refractivity contribution is 5.82. The molecule has 3 nitrogen and oxygen atoms in total. The predicted octanol–water partition coefficient (Wildman–Crippen LogP) is 5.07. The van der Waals surface area contributed by atoms with Gasteiger partial charge in [-0.05, 0) is 49.7 Å². The highest BCUT2D eigenvalue weighted by Gasteiger charge is 2.31. The van der Waals surface area contributed by atoms with Crippen LogP contribution in [0, 0.1) is 6.92 Å². The van der Waals surface area contributed by atoms with Crippen molar-refractivity contribution >= 4 is 22.9 Å². The Morgan fingerprint density at radius 3 is 2.38 bits per heavy atom. The van der Waals surface area contributed by atoms with Gasteiger partial charge < -0.3 is 9.80 Å². The molecule has 2 heterocycles. The van der Waals surface area contributed by atoms with Gasteiger partial charge in [-0.2, -0.15) is 0 Å². The van der Waals surface area contributed by atoms with Crippen LogP contribution in [0.4, 0.5) is 22.9 Å². The Hall–Kier alpha value is -2.81. The lowest BCUT2D eigenvalue weighted by Crippen LogP contribution is -2.44. The van der Waals surface area contributed by atoms with Gasteiger partial charge in [-0.15, -0.1) is 0 Å². The van der Waals surface area contributed by atoms with Gasteiger partial charge in [0.15, 0.2) is 5.82 Å². The molecule has 120 valence electrons. The topological polar surface area (TPSA) is 19.4 Å². The number of aryl methyl sites for hydroxylation is 1. The van der Waals surface area contributed by atoms with Gasteiger partial charge in [0.2, 0.25) is 0 Å². The molecular weight excluding hydrogens is 294 g/mol. The van der Waals surface area contributed by atoms with E-state index in [-0.39, 0.29) is 0 Å². The Kier molecular flexibility index (Phi) is 3.69. The number of nitrogens with zero attached hydrogens (tertiary/aromatic N) is 3. The fourth-order valence-electron chi connectivity index (χ4n) is 3.50. The standard InChI is InChI=1S/C21H21N3/c1-16-9-6-7-12-19(16)23-15-17(2)24(18-10-4-3-5-11-18)21-20(23)13-8-14-22-21/h3-14,17H,15H2,1-2H3/t17-/m0/s1. The Morgan fingerprint density at radius 2 is 1.58 bits per heavy atom. The van der Waals surface area contributed by atoms with Crippen molar-refractivity contribution in [1.29, 1.82) is 0 Å². The summed E-state index contributed by atoms with van der Waals surface area (Å²) in [4.78, 5) is 9.45. The van der Waals surface area contributed by atoms with E-state index in [4.69, 9.17) is 4.98 Å². The van der Waals surface area contributed by atoms with Crippen LogP contribution in [-0.2, 0) is 0 Å². The molecule has 0 radical (unpaired) electrons. The molecule has 24 heavy (non-hydrogen) atoms. The lowest BCUT2D eigenvalue weighted by atomic mass is 10.1. The molecule has 0 N–H and O–H groups in total. The van der Waals surface area contributed by atoms with Crippen molar-refractivity contribution in [3.63, 3.8) is 0 Å². The van der Waals surface area contributed by atoms with Crippen molar-refractivity contribution in [2.24, 2.45) is 0 Å². The lowest BCUT2D eigenvalue weighted by molar-refractivity contribution is 0.675. The van der Waals surface area contributed by atoms with Gasteiger partial charge in [0, 0.05) is 24.1 Å². The summed E-state index contributed by atoms with van der Waals surface area (Å²) in [5.41, 5.74) is 4.89. The molecule has 1 aliphatic heterocycles. The lowest BCUT2D eigenvalue weighted by Gasteiger charge is -2.42. The molecule has 1 aromatic heterocycles. The van der Waals surface area contributed by atoms with Gasteiger partial charge in [-0.3, -0.25) is 0 Å². The summed E-state index contributed by atoms with van der Waals surface area (Å²) in [6, 6.07) is 23.6. The summed E-state index contributed by atoms with van der Waals surface area (Å²) in [6.45, 7) is 5.36. The molecule has 0 saturated heterocycles. The molecule has 1 aliphatic rings. The summed E-state index contributed by atoms with van der Waals surface area (Å²) in [5, 5.41) is 0. The van der Waals surface area contributed by atoms with Crippen molar-refractivity contribution in [1.82, 2.24) is 4.98 Å². The summed E-state index contributed by atoms with van der Waals surface area (Å²) in [6.07, 6.45) is 1.88. The maximum Gasteiger partial charge on any atom is 0.157 e. The molecular formula is C21H21N3. The fourth-order valence-corrected chi connectivity index (χ4v) is 3.50. The van der Waals surface area contributed by atoms with E-state index in [1.807, 2.05) is 12.3 Å². The molecule has 0 unspecified atom stereocenters. The zero-order chi connectivity index (χ0) is 16.5. The summed E-state index contributed by atoms with van der Waals surface area (Å²) in [5.74, 6) is 1.02. The average Bonchev–Trinajstić information content (AvgIpc) is 2.62. The van der Waals surface area contributed by atoms with Gasteiger partial charge in [0.1, 0.15) is 0 Å². The van der Waals surface area contributed by atoms with E-state index >= 15 is 0 Å². The average molecular weight is 315 g/mol. The number of aromatic nitrogens is 1. The van der Waals surface area contributed by atoms with E-state index in [1.54, 1.807) is 0 Å². The van der Waals surface area contributed by atoms with Crippen LogP contribution < -0.4 is 9.80 Å². The number of anilines is 4. The molecule has 0 spiro atoms. The molecule has 0 bridgehead atoms. The monoisotopic (exact) mass is 315 g/mol. The van der Waals surface area contributed by atoms with Crippen molar-refractivity contribution in [3.8, 4) is 0 Å². The maximum absolute atomic E-state index is 4.72. The first-order chi connectivity index (χ1) is 11.8. The van der Waals surface area contributed by atoms with E-state index in [2.05, 4.69) is 84.3 Å². The molecule has 1 atom stereocenters. The van der Waals surface area contributed by atoms with Crippen LogP contribution in [0.15, 0.2) is 72.9 Å². The van der Waals surface area contributed by atoms with E-state index in [0.717, 1.165) is 18.1 Å². The second kappa shape index (κ2) is 6.00. The van der Waals surface area contributed by atoms with Crippen LogP contribution in [0.2, 0.25) is 0 Å². The van der Waals surface area contributed by atoms with Gasteiger partial charge in [-0.25, -0.2) is 4.98 Å². The second-order valence-electron chi connectivity index (χ2n) is 6.30. The molecule has 4 rings (SSSR count). The van der Waals surface area contributed by atoms with Gasteiger partial charge in [0.25, 0.3) is 0 Å². The Labute approximate surface area is 143 Å². The number of pyridine rings is 1. The Bertz CT molecular complexity index is 844. The van der Waals surface area contributed by atoms with E-state index < -0.39 is 0 Å².